The van der Waals surface area contributed by atoms with E-state index in [2.05, 4.69) is 20.6 Å². The number of aromatic nitrogens is 2. The molecule has 1 amide bonds. The molecule has 1 saturated carbocycles. The van der Waals surface area contributed by atoms with E-state index in [0.29, 0.717) is 28.6 Å². The lowest BCUT2D eigenvalue weighted by Crippen LogP contribution is -2.25. The van der Waals surface area contributed by atoms with Crippen LogP contribution in [0, 0.1) is 0 Å². The molecule has 1 heterocycles. The van der Waals surface area contributed by atoms with Gasteiger partial charge in [-0.05, 0) is 50.5 Å². The van der Waals surface area contributed by atoms with E-state index in [9.17, 15) is 9.90 Å². The number of phenols is 1. The van der Waals surface area contributed by atoms with Crippen LogP contribution in [-0.2, 0) is 0 Å². The number of benzene rings is 2. The molecule has 1 fully saturated rings. The van der Waals surface area contributed by atoms with Crippen molar-refractivity contribution < 1.29 is 9.90 Å². The molecular formula is C21H22N4O2. The number of amides is 1. The summed E-state index contributed by atoms with van der Waals surface area (Å²) in [4.78, 5) is 21.1. The maximum atomic E-state index is 12.3. The third-order valence-corrected chi connectivity index (χ3v) is 4.46. The first kappa shape index (κ1) is 17.3. The van der Waals surface area contributed by atoms with Gasteiger partial charge in [0.25, 0.3) is 5.91 Å². The molecule has 1 aliphatic rings. The molecule has 1 aromatic heterocycles. The van der Waals surface area contributed by atoms with Gasteiger partial charge in [-0.2, -0.15) is 0 Å². The summed E-state index contributed by atoms with van der Waals surface area (Å²) in [5.41, 5.74) is 2.68. The lowest BCUT2D eigenvalue weighted by molar-refractivity contribution is 0.0951. The van der Waals surface area contributed by atoms with Crippen LogP contribution in [-0.4, -0.2) is 33.1 Å². The van der Waals surface area contributed by atoms with Crippen LogP contribution in [0.2, 0.25) is 0 Å². The lowest BCUT2D eigenvalue weighted by Gasteiger charge is -2.11. The Kier molecular flexibility index (Phi) is 4.39. The zero-order valence-electron chi connectivity index (χ0n) is 15.4. The summed E-state index contributed by atoms with van der Waals surface area (Å²) < 4.78 is 0. The summed E-state index contributed by atoms with van der Waals surface area (Å²) >= 11 is 0. The van der Waals surface area contributed by atoms with E-state index in [-0.39, 0.29) is 17.7 Å². The number of nitrogens with one attached hydrogen (secondary N) is 2. The van der Waals surface area contributed by atoms with Gasteiger partial charge in [0.1, 0.15) is 5.75 Å². The van der Waals surface area contributed by atoms with Crippen molar-refractivity contribution >= 4 is 22.8 Å². The van der Waals surface area contributed by atoms with Crippen LogP contribution in [0.3, 0.4) is 0 Å². The number of nitrogens with zero attached hydrogens (tertiary/aromatic N) is 2. The molecule has 138 valence electrons. The van der Waals surface area contributed by atoms with Crippen LogP contribution in [0.5, 0.6) is 5.75 Å². The van der Waals surface area contributed by atoms with E-state index in [1.807, 2.05) is 32.0 Å². The normalized spacial score (nSPS) is 13.7. The maximum absolute atomic E-state index is 12.3. The largest absolute Gasteiger partial charge is 0.507 e. The molecule has 0 radical (unpaired) electrons. The van der Waals surface area contributed by atoms with Crippen molar-refractivity contribution in [2.24, 2.45) is 0 Å². The van der Waals surface area contributed by atoms with Crippen molar-refractivity contribution in [2.75, 3.05) is 5.32 Å². The molecule has 3 aromatic rings. The zero-order valence-corrected chi connectivity index (χ0v) is 15.4. The summed E-state index contributed by atoms with van der Waals surface area (Å²) in [6.45, 7) is 4.03. The highest BCUT2D eigenvalue weighted by Gasteiger charge is 2.24. The molecule has 0 unspecified atom stereocenters. The number of aromatic hydroxyl groups is 1. The number of rotatable bonds is 5. The minimum atomic E-state index is -0.0765. The van der Waals surface area contributed by atoms with Crippen LogP contribution in [0.15, 0.2) is 42.6 Å². The second-order valence-electron chi connectivity index (χ2n) is 7.25. The van der Waals surface area contributed by atoms with Gasteiger partial charge in [0.05, 0.1) is 5.52 Å². The highest BCUT2D eigenvalue weighted by Crippen LogP contribution is 2.33. The summed E-state index contributed by atoms with van der Waals surface area (Å²) in [5.74, 6) is 0.576. The van der Waals surface area contributed by atoms with Crippen molar-refractivity contribution in [3.05, 3.63) is 48.2 Å². The fourth-order valence-electron chi connectivity index (χ4n) is 2.95. The number of fused-ring (bicyclic) bond motifs is 1. The molecule has 27 heavy (non-hydrogen) atoms. The third-order valence-electron chi connectivity index (χ3n) is 4.46. The molecule has 0 spiro atoms. The Bertz CT molecular complexity index is 1010. The van der Waals surface area contributed by atoms with Crippen molar-refractivity contribution in [3.8, 4) is 16.9 Å². The minimum absolute atomic E-state index is 0.0765. The summed E-state index contributed by atoms with van der Waals surface area (Å²) in [6, 6.07) is 11.3. The Morgan fingerprint density at radius 1 is 1.22 bits per heavy atom. The quantitative estimate of drug-likeness (QED) is 0.644. The average molecular weight is 362 g/mol. The Morgan fingerprint density at radius 2 is 2.04 bits per heavy atom. The van der Waals surface area contributed by atoms with Crippen molar-refractivity contribution in [3.63, 3.8) is 0 Å². The Balaban J connectivity index is 1.68. The van der Waals surface area contributed by atoms with Gasteiger partial charge < -0.3 is 15.7 Å². The lowest BCUT2D eigenvalue weighted by atomic mass is 10.00. The summed E-state index contributed by atoms with van der Waals surface area (Å²) in [7, 11) is 0. The van der Waals surface area contributed by atoms with E-state index in [0.717, 1.165) is 23.8 Å². The molecule has 3 N–H and O–H groups in total. The van der Waals surface area contributed by atoms with Gasteiger partial charge in [0.15, 0.2) is 0 Å². The molecule has 4 rings (SSSR count). The molecule has 1 aliphatic carbocycles. The predicted molar refractivity (Wildman–Crippen MR) is 106 cm³/mol. The second kappa shape index (κ2) is 6.87. The number of hydrogen-bond donors (Lipinski definition) is 3. The van der Waals surface area contributed by atoms with Crippen molar-refractivity contribution in [1.29, 1.82) is 0 Å². The number of carbonyl (C=O) groups excluding carboxylic acids is 1. The third kappa shape index (κ3) is 3.84. The first-order chi connectivity index (χ1) is 13.0. The highest BCUT2D eigenvalue weighted by atomic mass is 16.3. The van der Waals surface area contributed by atoms with Gasteiger partial charge in [-0.3, -0.25) is 4.79 Å². The molecule has 0 aliphatic heterocycles. The Morgan fingerprint density at radius 3 is 2.78 bits per heavy atom. The van der Waals surface area contributed by atoms with Crippen LogP contribution >= 0.6 is 0 Å². The van der Waals surface area contributed by atoms with Crippen LogP contribution in [0.1, 0.15) is 37.0 Å². The fraction of sp³-hybridized carbons (Fsp3) is 0.286. The average Bonchev–Trinajstić information content (AvgIpc) is 3.44. The first-order valence-electron chi connectivity index (χ1n) is 9.17. The Hall–Kier alpha value is -3.15. The molecule has 0 bridgehead atoms. The van der Waals surface area contributed by atoms with Gasteiger partial charge in [-0.25, -0.2) is 9.97 Å². The summed E-state index contributed by atoms with van der Waals surface area (Å²) in [6.07, 6.45) is 3.83. The van der Waals surface area contributed by atoms with E-state index >= 15 is 0 Å². The predicted octanol–water partition coefficient (Wildman–Crippen LogP) is 3.71. The van der Waals surface area contributed by atoms with E-state index < -0.39 is 0 Å². The van der Waals surface area contributed by atoms with Gasteiger partial charge in [0.2, 0.25) is 5.95 Å². The molecule has 0 saturated heterocycles. The number of phenolic OH excluding ortho intramolecular Hbond substituents is 1. The van der Waals surface area contributed by atoms with E-state index in [4.69, 9.17) is 0 Å². The number of carbonyl (C=O) groups is 1. The Labute approximate surface area is 157 Å². The van der Waals surface area contributed by atoms with Crippen LogP contribution < -0.4 is 10.6 Å². The SMILES string of the molecule is CC(C)Nc1ncc2cc(-c3cccc(C(=O)NC4CC4)c3)c(O)cc2n1. The summed E-state index contributed by atoms with van der Waals surface area (Å²) in [5, 5.41) is 17.5. The van der Waals surface area contributed by atoms with Crippen LogP contribution in [0.25, 0.3) is 22.0 Å². The van der Waals surface area contributed by atoms with E-state index in [1.165, 1.54) is 0 Å². The van der Waals surface area contributed by atoms with Crippen molar-refractivity contribution in [2.45, 2.75) is 38.8 Å². The maximum Gasteiger partial charge on any atom is 0.251 e. The van der Waals surface area contributed by atoms with Gasteiger partial charge in [0, 0.05) is 40.9 Å². The topological polar surface area (TPSA) is 87.1 Å². The first-order valence-corrected chi connectivity index (χ1v) is 9.17. The number of hydrogen-bond acceptors (Lipinski definition) is 5. The molecule has 6 nitrogen and oxygen atoms in total. The molecule has 0 atom stereocenters. The number of anilines is 1. The smallest absolute Gasteiger partial charge is 0.251 e. The highest BCUT2D eigenvalue weighted by molar-refractivity contribution is 5.96. The second-order valence-corrected chi connectivity index (χ2v) is 7.25. The van der Waals surface area contributed by atoms with Gasteiger partial charge in [-0.15, -0.1) is 0 Å². The molecular weight excluding hydrogens is 340 g/mol. The van der Waals surface area contributed by atoms with Gasteiger partial charge >= 0.3 is 0 Å². The zero-order chi connectivity index (χ0) is 19.0. The van der Waals surface area contributed by atoms with Gasteiger partial charge in [-0.1, -0.05) is 12.1 Å². The molecule has 2 aromatic carbocycles. The fourth-order valence-corrected chi connectivity index (χ4v) is 2.95. The monoisotopic (exact) mass is 362 g/mol. The molecule has 6 heteroatoms. The minimum Gasteiger partial charge on any atom is -0.507 e. The van der Waals surface area contributed by atoms with Crippen molar-refractivity contribution in [1.82, 2.24) is 15.3 Å². The standard InChI is InChI=1S/C21H22N4O2/c1-12(2)23-21-22-11-15-9-17(19(26)10-18(15)25-21)13-4-3-5-14(8-13)20(27)24-16-6-7-16/h3-5,8-12,16,26H,6-7H2,1-2H3,(H,24,27)(H,22,23,25). The van der Waals surface area contributed by atoms with Crippen LogP contribution in [0.4, 0.5) is 5.95 Å². The van der Waals surface area contributed by atoms with E-state index in [1.54, 1.807) is 24.4 Å².